The van der Waals surface area contributed by atoms with Crippen LogP contribution < -0.4 is 4.90 Å². The van der Waals surface area contributed by atoms with Gasteiger partial charge in [-0.3, -0.25) is 14.9 Å². The zero-order valence-corrected chi connectivity index (χ0v) is 14.0. The minimum absolute atomic E-state index is 1.02. The van der Waals surface area contributed by atoms with Crippen LogP contribution in [0.1, 0.15) is 11.1 Å². The Bertz CT molecular complexity index is 815. The molecule has 0 atom stereocenters. The third kappa shape index (κ3) is 3.10. The van der Waals surface area contributed by atoms with Crippen LogP contribution in [0.25, 0.3) is 10.9 Å². The maximum atomic E-state index is 4.56. The van der Waals surface area contributed by atoms with Crippen molar-refractivity contribution in [3.63, 3.8) is 0 Å². The molecule has 4 nitrogen and oxygen atoms in total. The summed E-state index contributed by atoms with van der Waals surface area (Å²) >= 11 is 0. The summed E-state index contributed by atoms with van der Waals surface area (Å²) in [6.45, 7) is 7.33. The van der Waals surface area contributed by atoms with Gasteiger partial charge in [0.1, 0.15) is 0 Å². The third-order valence-electron chi connectivity index (χ3n) is 4.73. The van der Waals surface area contributed by atoms with E-state index in [0.717, 1.165) is 49.3 Å². The van der Waals surface area contributed by atoms with E-state index in [2.05, 4.69) is 57.0 Å². The lowest BCUT2D eigenvalue weighted by Crippen LogP contribution is -2.46. The fourth-order valence-corrected chi connectivity index (χ4v) is 3.32. The highest BCUT2D eigenvalue weighted by atomic mass is 15.3. The summed E-state index contributed by atoms with van der Waals surface area (Å²) in [4.78, 5) is 13.9. The highest BCUT2D eigenvalue weighted by molar-refractivity contribution is 5.89. The normalized spacial score (nSPS) is 15.8. The van der Waals surface area contributed by atoms with Crippen LogP contribution in [0.4, 0.5) is 5.69 Å². The molecule has 0 aliphatic carbocycles. The number of rotatable bonds is 3. The van der Waals surface area contributed by atoms with E-state index in [1.54, 1.807) is 0 Å². The first kappa shape index (κ1) is 15.1. The van der Waals surface area contributed by atoms with Crippen LogP contribution in [0.3, 0.4) is 0 Å². The number of benzene rings is 1. The fraction of sp³-hybridized carbons (Fsp3) is 0.300. The van der Waals surface area contributed by atoms with E-state index in [1.165, 1.54) is 11.1 Å². The summed E-state index contributed by atoms with van der Waals surface area (Å²) in [5.74, 6) is 0. The Kier molecular flexibility index (Phi) is 4.13. The second-order valence-electron chi connectivity index (χ2n) is 6.48. The summed E-state index contributed by atoms with van der Waals surface area (Å²) in [6, 6.07) is 12.9. The molecule has 2 aromatic heterocycles. The van der Waals surface area contributed by atoms with Crippen LogP contribution in [0.15, 0.2) is 55.0 Å². The van der Waals surface area contributed by atoms with Crippen molar-refractivity contribution >= 4 is 16.6 Å². The number of fused-ring (bicyclic) bond motifs is 1. The Morgan fingerprint density at radius 2 is 1.75 bits per heavy atom. The molecule has 1 aliphatic heterocycles. The molecule has 0 radical (unpaired) electrons. The van der Waals surface area contributed by atoms with E-state index in [1.807, 2.05) is 24.7 Å². The molecular formula is C20H22N4. The zero-order valence-electron chi connectivity index (χ0n) is 14.0. The molecule has 24 heavy (non-hydrogen) atoms. The second kappa shape index (κ2) is 6.57. The smallest absolute Gasteiger partial charge is 0.0966 e. The van der Waals surface area contributed by atoms with Crippen molar-refractivity contribution in [2.24, 2.45) is 0 Å². The lowest BCUT2D eigenvalue weighted by Gasteiger charge is -2.36. The molecule has 4 rings (SSSR count). The molecule has 1 aliphatic rings. The van der Waals surface area contributed by atoms with Crippen LogP contribution in [0.2, 0.25) is 0 Å². The van der Waals surface area contributed by atoms with E-state index < -0.39 is 0 Å². The molecule has 1 fully saturated rings. The molecule has 0 bridgehead atoms. The summed E-state index contributed by atoms with van der Waals surface area (Å²) in [7, 11) is 0. The molecule has 0 saturated carbocycles. The van der Waals surface area contributed by atoms with Gasteiger partial charge in [-0.2, -0.15) is 0 Å². The molecule has 122 valence electrons. The van der Waals surface area contributed by atoms with E-state index in [-0.39, 0.29) is 0 Å². The van der Waals surface area contributed by atoms with Gasteiger partial charge >= 0.3 is 0 Å². The predicted octanol–water partition coefficient (Wildman–Crippen LogP) is 3.26. The van der Waals surface area contributed by atoms with E-state index in [4.69, 9.17) is 0 Å². The minimum atomic E-state index is 1.02. The van der Waals surface area contributed by atoms with Crippen molar-refractivity contribution in [1.82, 2.24) is 14.9 Å². The van der Waals surface area contributed by atoms with Gasteiger partial charge < -0.3 is 4.90 Å². The number of piperazine rings is 1. The topological polar surface area (TPSA) is 32.3 Å². The van der Waals surface area contributed by atoms with Crippen LogP contribution >= 0.6 is 0 Å². The first-order valence-electron chi connectivity index (χ1n) is 8.51. The van der Waals surface area contributed by atoms with Crippen LogP contribution in [-0.4, -0.2) is 41.0 Å². The van der Waals surface area contributed by atoms with E-state index in [9.17, 15) is 0 Å². The van der Waals surface area contributed by atoms with Crippen molar-refractivity contribution in [3.05, 3.63) is 66.1 Å². The largest absolute Gasteiger partial charge is 0.366 e. The highest BCUT2D eigenvalue weighted by Crippen LogP contribution is 2.24. The second-order valence-corrected chi connectivity index (χ2v) is 6.48. The Balaban J connectivity index is 1.45. The van der Waals surface area contributed by atoms with Crippen LogP contribution in [-0.2, 0) is 6.54 Å². The summed E-state index contributed by atoms with van der Waals surface area (Å²) in [5.41, 5.74) is 4.92. The van der Waals surface area contributed by atoms with Crippen molar-refractivity contribution in [2.75, 3.05) is 31.1 Å². The van der Waals surface area contributed by atoms with E-state index in [0.29, 0.717) is 0 Å². The molecule has 3 aromatic rings. The van der Waals surface area contributed by atoms with Crippen LogP contribution in [0, 0.1) is 6.92 Å². The first-order chi connectivity index (χ1) is 11.8. The Hall–Kier alpha value is -2.46. The molecule has 4 heteroatoms. The predicted molar refractivity (Wildman–Crippen MR) is 98.2 cm³/mol. The number of hydrogen-bond acceptors (Lipinski definition) is 4. The molecule has 0 unspecified atom stereocenters. The Labute approximate surface area is 142 Å². The molecular weight excluding hydrogens is 296 g/mol. The van der Waals surface area contributed by atoms with Crippen LogP contribution in [0.5, 0.6) is 0 Å². The van der Waals surface area contributed by atoms with Gasteiger partial charge in [0, 0.05) is 50.5 Å². The van der Waals surface area contributed by atoms with Gasteiger partial charge in [0.25, 0.3) is 0 Å². The zero-order chi connectivity index (χ0) is 16.4. The first-order valence-corrected chi connectivity index (χ1v) is 8.51. The maximum Gasteiger partial charge on any atom is 0.0966 e. The molecule has 3 heterocycles. The van der Waals surface area contributed by atoms with Gasteiger partial charge in [0.2, 0.25) is 0 Å². The third-order valence-corrected chi connectivity index (χ3v) is 4.73. The standard InChI is InChI=1S/C20H22N4/c1-16-4-6-17(7-5-16)15-23-9-11-24(12-10-23)19-14-21-13-18-3-2-8-22-20(18)19/h2-8,13-14H,9-12,15H2,1H3. The van der Waals surface area contributed by atoms with Gasteiger partial charge in [0.05, 0.1) is 17.4 Å². The minimum Gasteiger partial charge on any atom is -0.366 e. The number of aromatic nitrogens is 2. The van der Waals surface area contributed by atoms with Gasteiger partial charge in [0.15, 0.2) is 0 Å². The lowest BCUT2D eigenvalue weighted by atomic mass is 10.1. The number of anilines is 1. The fourth-order valence-electron chi connectivity index (χ4n) is 3.32. The number of aryl methyl sites for hydroxylation is 1. The number of hydrogen-bond donors (Lipinski definition) is 0. The van der Waals surface area contributed by atoms with Crippen molar-refractivity contribution in [1.29, 1.82) is 0 Å². The Morgan fingerprint density at radius 3 is 2.54 bits per heavy atom. The van der Waals surface area contributed by atoms with Gasteiger partial charge in [-0.1, -0.05) is 29.8 Å². The van der Waals surface area contributed by atoms with Gasteiger partial charge in [-0.05, 0) is 24.6 Å². The van der Waals surface area contributed by atoms with Gasteiger partial charge in [-0.25, -0.2) is 0 Å². The monoisotopic (exact) mass is 318 g/mol. The van der Waals surface area contributed by atoms with Gasteiger partial charge in [-0.15, -0.1) is 0 Å². The highest BCUT2D eigenvalue weighted by Gasteiger charge is 2.19. The van der Waals surface area contributed by atoms with E-state index >= 15 is 0 Å². The summed E-state index contributed by atoms with van der Waals surface area (Å²) < 4.78 is 0. The molecule has 0 N–H and O–H groups in total. The average Bonchev–Trinajstić information content (AvgIpc) is 2.64. The quantitative estimate of drug-likeness (QED) is 0.742. The lowest BCUT2D eigenvalue weighted by molar-refractivity contribution is 0.250. The van der Waals surface area contributed by atoms with Crippen molar-refractivity contribution in [3.8, 4) is 0 Å². The SMILES string of the molecule is Cc1ccc(CN2CCN(c3cncc4cccnc34)CC2)cc1. The Morgan fingerprint density at radius 1 is 0.958 bits per heavy atom. The summed E-state index contributed by atoms with van der Waals surface area (Å²) in [5, 5.41) is 1.11. The molecule has 0 amide bonds. The molecule has 1 aromatic carbocycles. The average molecular weight is 318 g/mol. The molecule has 1 saturated heterocycles. The maximum absolute atomic E-state index is 4.56. The summed E-state index contributed by atoms with van der Waals surface area (Å²) in [6.07, 6.45) is 5.70. The van der Waals surface area contributed by atoms with Crippen molar-refractivity contribution < 1.29 is 0 Å². The number of pyridine rings is 2. The van der Waals surface area contributed by atoms with Crippen molar-refractivity contribution in [2.45, 2.75) is 13.5 Å². The molecule has 0 spiro atoms. The number of nitrogens with zero attached hydrogens (tertiary/aromatic N) is 4.